The second kappa shape index (κ2) is 8.58. The van der Waals surface area contributed by atoms with Crippen LogP contribution in [0.1, 0.15) is 44.9 Å². The third kappa shape index (κ3) is 4.26. The number of nitrogens with zero attached hydrogens (tertiary/aromatic N) is 5. The molecule has 1 aliphatic carbocycles. The SMILES string of the molecule is CCc1nc(-c2ccc(N3CCN(C(=O)NC4CCCCC4)CC3)nc2)no1. The number of pyridine rings is 1. The molecule has 1 saturated heterocycles. The molecule has 2 aromatic heterocycles. The third-order valence-electron chi connectivity index (χ3n) is 5.60. The lowest BCUT2D eigenvalue weighted by Gasteiger charge is -2.36. The minimum atomic E-state index is 0.0821. The van der Waals surface area contributed by atoms with E-state index in [0.717, 1.165) is 43.7 Å². The van der Waals surface area contributed by atoms with E-state index >= 15 is 0 Å². The van der Waals surface area contributed by atoms with Crippen LogP contribution in [0, 0.1) is 0 Å². The molecule has 2 fully saturated rings. The predicted octanol–water partition coefficient (Wildman–Crippen LogP) is 2.86. The van der Waals surface area contributed by atoms with Crippen LogP contribution < -0.4 is 10.2 Å². The molecular weight excluding hydrogens is 356 g/mol. The predicted molar refractivity (Wildman–Crippen MR) is 106 cm³/mol. The zero-order valence-corrected chi connectivity index (χ0v) is 16.4. The van der Waals surface area contributed by atoms with Gasteiger partial charge >= 0.3 is 6.03 Å². The fourth-order valence-electron chi connectivity index (χ4n) is 3.87. The van der Waals surface area contributed by atoms with Gasteiger partial charge in [-0.25, -0.2) is 9.78 Å². The molecule has 0 atom stereocenters. The Morgan fingerprint density at radius 3 is 2.61 bits per heavy atom. The summed E-state index contributed by atoms with van der Waals surface area (Å²) in [4.78, 5) is 25.5. The maximum Gasteiger partial charge on any atom is 0.317 e. The van der Waals surface area contributed by atoms with Crippen LogP contribution in [-0.2, 0) is 6.42 Å². The zero-order valence-electron chi connectivity index (χ0n) is 16.4. The van der Waals surface area contributed by atoms with Crippen molar-refractivity contribution >= 4 is 11.8 Å². The highest BCUT2D eigenvalue weighted by Crippen LogP contribution is 2.20. The molecule has 8 nitrogen and oxygen atoms in total. The number of hydrogen-bond acceptors (Lipinski definition) is 6. The molecule has 0 radical (unpaired) electrons. The van der Waals surface area contributed by atoms with E-state index in [1.54, 1.807) is 6.20 Å². The molecular formula is C20H28N6O2. The lowest BCUT2D eigenvalue weighted by molar-refractivity contribution is 0.186. The fourth-order valence-corrected chi connectivity index (χ4v) is 3.87. The van der Waals surface area contributed by atoms with Crippen molar-refractivity contribution in [1.29, 1.82) is 0 Å². The molecule has 2 aliphatic rings. The first kappa shape index (κ1) is 18.7. The van der Waals surface area contributed by atoms with Crippen LogP contribution in [0.3, 0.4) is 0 Å². The number of rotatable bonds is 4. The Bertz CT molecular complexity index is 776. The van der Waals surface area contributed by atoms with Crippen LogP contribution in [0.5, 0.6) is 0 Å². The van der Waals surface area contributed by atoms with Gasteiger partial charge in [0.2, 0.25) is 11.7 Å². The summed E-state index contributed by atoms with van der Waals surface area (Å²) in [5.74, 6) is 2.11. The quantitative estimate of drug-likeness (QED) is 0.872. The van der Waals surface area contributed by atoms with E-state index in [0.29, 0.717) is 30.8 Å². The van der Waals surface area contributed by atoms with Crippen molar-refractivity contribution < 1.29 is 9.32 Å². The molecule has 1 saturated carbocycles. The smallest absolute Gasteiger partial charge is 0.317 e. The Labute approximate surface area is 165 Å². The lowest BCUT2D eigenvalue weighted by Crippen LogP contribution is -2.53. The standard InChI is InChI=1S/C20H28N6O2/c1-2-18-23-19(24-28-18)15-8-9-17(21-14-15)25-10-12-26(13-11-25)20(27)22-16-6-4-3-5-7-16/h8-9,14,16H,2-7,10-13H2,1H3,(H,22,27). The van der Waals surface area contributed by atoms with Crippen LogP contribution >= 0.6 is 0 Å². The molecule has 1 aliphatic heterocycles. The zero-order chi connectivity index (χ0) is 19.3. The average Bonchev–Trinajstić information content (AvgIpc) is 3.24. The van der Waals surface area contributed by atoms with Gasteiger partial charge in [-0.2, -0.15) is 4.98 Å². The largest absolute Gasteiger partial charge is 0.353 e. The van der Waals surface area contributed by atoms with E-state index in [-0.39, 0.29) is 6.03 Å². The molecule has 0 bridgehead atoms. The molecule has 4 rings (SSSR count). The minimum Gasteiger partial charge on any atom is -0.353 e. The normalized spacial score (nSPS) is 18.3. The van der Waals surface area contributed by atoms with Crippen molar-refractivity contribution in [3.63, 3.8) is 0 Å². The summed E-state index contributed by atoms with van der Waals surface area (Å²) in [5, 5.41) is 7.19. The van der Waals surface area contributed by atoms with Gasteiger partial charge in [0.1, 0.15) is 5.82 Å². The first-order valence-electron chi connectivity index (χ1n) is 10.3. The van der Waals surface area contributed by atoms with Crippen molar-refractivity contribution in [2.24, 2.45) is 0 Å². The molecule has 2 amide bonds. The maximum atomic E-state index is 12.5. The van der Waals surface area contributed by atoms with E-state index in [1.807, 2.05) is 24.0 Å². The van der Waals surface area contributed by atoms with Crippen molar-refractivity contribution in [1.82, 2.24) is 25.3 Å². The summed E-state index contributed by atoms with van der Waals surface area (Å²) >= 11 is 0. The molecule has 8 heteroatoms. The van der Waals surface area contributed by atoms with E-state index in [1.165, 1.54) is 19.3 Å². The van der Waals surface area contributed by atoms with Crippen molar-refractivity contribution in [2.45, 2.75) is 51.5 Å². The van der Waals surface area contributed by atoms with Crippen molar-refractivity contribution in [3.05, 3.63) is 24.2 Å². The van der Waals surface area contributed by atoms with Gasteiger partial charge in [0.05, 0.1) is 0 Å². The second-order valence-electron chi connectivity index (χ2n) is 7.53. The van der Waals surface area contributed by atoms with Gasteiger partial charge in [-0.15, -0.1) is 0 Å². The van der Waals surface area contributed by atoms with Gasteiger partial charge < -0.3 is 19.6 Å². The fraction of sp³-hybridized carbons (Fsp3) is 0.600. The number of amides is 2. The Balaban J connectivity index is 1.30. The van der Waals surface area contributed by atoms with Crippen molar-refractivity contribution in [3.8, 4) is 11.4 Å². The summed E-state index contributed by atoms with van der Waals surface area (Å²) in [6.07, 6.45) is 8.47. The number of anilines is 1. The molecule has 1 N–H and O–H groups in total. The number of carbonyl (C=O) groups excluding carboxylic acids is 1. The first-order chi connectivity index (χ1) is 13.7. The number of aryl methyl sites for hydroxylation is 1. The number of piperazine rings is 1. The van der Waals surface area contributed by atoms with E-state index in [2.05, 4.69) is 25.3 Å². The van der Waals surface area contributed by atoms with Gasteiger partial charge in [-0.3, -0.25) is 0 Å². The highest BCUT2D eigenvalue weighted by atomic mass is 16.5. The van der Waals surface area contributed by atoms with E-state index < -0.39 is 0 Å². The van der Waals surface area contributed by atoms with Crippen LogP contribution in [0.2, 0.25) is 0 Å². The molecule has 0 aromatic carbocycles. The molecule has 150 valence electrons. The Morgan fingerprint density at radius 1 is 1.18 bits per heavy atom. The van der Waals surface area contributed by atoms with Gasteiger partial charge in [-0.05, 0) is 25.0 Å². The van der Waals surface area contributed by atoms with E-state index in [4.69, 9.17) is 4.52 Å². The number of urea groups is 1. The molecule has 28 heavy (non-hydrogen) atoms. The number of nitrogens with one attached hydrogen (secondary N) is 1. The summed E-state index contributed by atoms with van der Waals surface area (Å²) in [6, 6.07) is 4.38. The Kier molecular flexibility index (Phi) is 5.73. The molecule has 3 heterocycles. The topological polar surface area (TPSA) is 87.4 Å². The summed E-state index contributed by atoms with van der Waals surface area (Å²) in [5.41, 5.74) is 0.845. The number of carbonyl (C=O) groups is 1. The van der Waals surface area contributed by atoms with Crippen LogP contribution in [0.4, 0.5) is 10.6 Å². The molecule has 2 aromatic rings. The molecule has 0 unspecified atom stereocenters. The first-order valence-corrected chi connectivity index (χ1v) is 10.3. The monoisotopic (exact) mass is 384 g/mol. The van der Waals surface area contributed by atoms with Gasteiger partial charge in [-0.1, -0.05) is 31.3 Å². The third-order valence-corrected chi connectivity index (χ3v) is 5.60. The highest BCUT2D eigenvalue weighted by Gasteiger charge is 2.24. The second-order valence-corrected chi connectivity index (χ2v) is 7.53. The average molecular weight is 384 g/mol. The number of aromatic nitrogens is 3. The Hall–Kier alpha value is -2.64. The van der Waals surface area contributed by atoms with Crippen LogP contribution in [0.25, 0.3) is 11.4 Å². The van der Waals surface area contributed by atoms with Crippen LogP contribution in [-0.4, -0.2) is 58.3 Å². The number of hydrogen-bond donors (Lipinski definition) is 1. The summed E-state index contributed by atoms with van der Waals surface area (Å²) < 4.78 is 5.16. The summed E-state index contributed by atoms with van der Waals surface area (Å²) in [6.45, 7) is 4.98. The Morgan fingerprint density at radius 2 is 1.96 bits per heavy atom. The highest BCUT2D eigenvalue weighted by molar-refractivity contribution is 5.75. The van der Waals surface area contributed by atoms with Gasteiger partial charge in [0.15, 0.2) is 0 Å². The van der Waals surface area contributed by atoms with Gasteiger partial charge in [0.25, 0.3) is 0 Å². The van der Waals surface area contributed by atoms with Crippen LogP contribution in [0.15, 0.2) is 22.9 Å². The van der Waals surface area contributed by atoms with Gasteiger partial charge in [0, 0.05) is 50.4 Å². The lowest BCUT2D eigenvalue weighted by atomic mass is 9.96. The minimum absolute atomic E-state index is 0.0821. The van der Waals surface area contributed by atoms with E-state index in [9.17, 15) is 4.79 Å². The summed E-state index contributed by atoms with van der Waals surface area (Å²) in [7, 11) is 0. The molecule has 0 spiro atoms. The van der Waals surface area contributed by atoms with Crippen molar-refractivity contribution in [2.75, 3.05) is 31.1 Å². The maximum absolute atomic E-state index is 12.5.